The average Bonchev–Trinajstić information content (AvgIpc) is 3.71. The van der Waals surface area contributed by atoms with Gasteiger partial charge in [-0.1, -0.05) is 13.8 Å². The predicted octanol–water partition coefficient (Wildman–Crippen LogP) is 4.16. The van der Waals surface area contributed by atoms with Gasteiger partial charge >= 0.3 is 12.1 Å². The van der Waals surface area contributed by atoms with Crippen LogP contribution in [0.5, 0.6) is 5.75 Å². The van der Waals surface area contributed by atoms with Gasteiger partial charge in [0.1, 0.15) is 22.9 Å². The lowest BCUT2D eigenvalue weighted by atomic mass is 10.0. The fourth-order valence-electron chi connectivity index (χ4n) is 5.56. The number of piperazine rings is 1. The topological polar surface area (TPSA) is 130 Å². The number of hydrogen-bond acceptors (Lipinski definition) is 7. The van der Waals surface area contributed by atoms with Gasteiger partial charge in [-0.15, -0.1) is 0 Å². The maximum atomic E-state index is 15.8. The molecule has 1 aliphatic carbocycles. The second kappa shape index (κ2) is 11.8. The van der Waals surface area contributed by atoms with Crippen molar-refractivity contribution in [2.24, 2.45) is 5.92 Å². The lowest BCUT2D eigenvalue weighted by molar-refractivity contribution is -0.136. The van der Waals surface area contributed by atoms with Gasteiger partial charge in [0.05, 0.1) is 18.0 Å². The zero-order valence-electron chi connectivity index (χ0n) is 25.3. The maximum Gasteiger partial charge on any atom is 0.408 e. The molecule has 0 bridgehead atoms. The zero-order valence-corrected chi connectivity index (χ0v) is 25.3. The molecule has 2 atom stereocenters. The molecule has 12 heteroatoms. The number of nitrogens with one attached hydrogen (secondary N) is 1. The number of halogens is 1. The lowest BCUT2D eigenvalue weighted by Crippen LogP contribution is -2.59. The van der Waals surface area contributed by atoms with E-state index in [0.29, 0.717) is 11.9 Å². The molecule has 0 spiro atoms. The van der Waals surface area contributed by atoms with Crippen LogP contribution < -0.4 is 20.4 Å². The Kier molecular flexibility index (Phi) is 8.75. The molecule has 1 aromatic heterocycles. The number of alkyl carbamates (subject to hydrolysis) is 1. The van der Waals surface area contributed by atoms with E-state index in [-0.39, 0.29) is 60.4 Å². The van der Waals surface area contributed by atoms with E-state index in [1.54, 1.807) is 35.1 Å². The van der Waals surface area contributed by atoms with Crippen molar-refractivity contribution >= 4 is 34.6 Å². The summed E-state index contributed by atoms with van der Waals surface area (Å²) in [4.78, 5) is 54.4. The summed E-state index contributed by atoms with van der Waals surface area (Å²) in [6.07, 6.45) is 2.69. The Morgan fingerprint density at radius 2 is 1.86 bits per heavy atom. The highest BCUT2D eigenvalue weighted by molar-refractivity contribution is 5.97. The van der Waals surface area contributed by atoms with Crippen LogP contribution in [0.1, 0.15) is 77.2 Å². The number of rotatable bonds is 8. The molecule has 1 aliphatic heterocycles. The summed E-state index contributed by atoms with van der Waals surface area (Å²) in [5, 5.41) is 12.3. The zero-order chi connectivity index (χ0) is 31.1. The number of amides is 2. The number of pyridine rings is 1. The third-order valence-corrected chi connectivity index (χ3v) is 7.50. The van der Waals surface area contributed by atoms with Gasteiger partial charge in [-0.2, -0.15) is 0 Å². The van der Waals surface area contributed by atoms with Crippen molar-refractivity contribution in [2.45, 2.75) is 84.5 Å². The molecular formula is C30H41FN4O7. The first-order valence-electron chi connectivity index (χ1n) is 14.4. The quantitative estimate of drug-likeness (QED) is 0.470. The maximum absolute atomic E-state index is 15.8. The summed E-state index contributed by atoms with van der Waals surface area (Å²) in [7, 11) is 1.40. The normalized spacial score (nSPS) is 18.3. The number of carboxylic acids is 1. The molecule has 2 aliphatic rings. The van der Waals surface area contributed by atoms with E-state index >= 15 is 4.39 Å². The first-order chi connectivity index (χ1) is 19.6. The molecule has 2 unspecified atom stereocenters. The number of fused-ring (bicyclic) bond motifs is 1. The Morgan fingerprint density at radius 1 is 1.19 bits per heavy atom. The molecular weight excluding hydrogens is 547 g/mol. The molecule has 2 amide bonds. The van der Waals surface area contributed by atoms with Crippen molar-refractivity contribution in [3.8, 4) is 5.75 Å². The molecule has 0 radical (unpaired) electrons. The van der Waals surface area contributed by atoms with Gasteiger partial charge in [0.2, 0.25) is 11.3 Å². The minimum absolute atomic E-state index is 0.0119. The minimum atomic E-state index is -1.37. The van der Waals surface area contributed by atoms with Crippen molar-refractivity contribution in [2.75, 3.05) is 31.6 Å². The Hall–Kier alpha value is -3.83. The van der Waals surface area contributed by atoms with E-state index in [1.807, 2.05) is 20.8 Å². The van der Waals surface area contributed by atoms with Crippen LogP contribution in [0.3, 0.4) is 0 Å². The summed E-state index contributed by atoms with van der Waals surface area (Å²) >= 11 is 0. The standard InChI is InChI=1S/C30H41FN4O7/c1-16(2)12-22(32-29(40)42-30(4,5)6)27(37)34-11-10-33(14-17(34)3)24-21(31)13-19-23(26(24)41-7)35(18-8-9-18)15-20(25(19)36)28(38)39/h13,15-18,22H,8-12,14H2,1-7H3,(H,32,40)(H,38,39). The third kappa shape index (κ3) is 6.47. The molecule has 1 saturated carbocycles. The monoisotopic (exact) mass is 588 g/mol. The molecule has 1 saturated heterocycles. The summed E-state index contributed by atoms with van der Waals surface area (Å²) in [6, 6.07) is -0.0487. The summed E-state index contributed by atoms with van der Waals surface area (Å²) in [5.74, 6) is -2.03. The van der Waals surface area contributed by atoms with Gasteiger partial charge in [0.15, 0.2) is 11.6 Å². The Balaban J connectivity index is 1.64. The van der Waals surface area contributed by atoms with Gasteiger partial charge in [-0.05, 0) is 58.9 Å². The van der Waals surface area contributed by atoms with Crippen molar-refractivity contribution in [1.29, 1.82) is 0 Å². The Morgan fingerprint density at radius 3 is 2.38 bits per heavy atom. The first kappa shape index (κ1) is 31.1. The number of aromatic carboxylic acids is 1. The number of hydrogen-bond donors (Lipinski definition) is 2. The number of aromatic nitrogens is 1. The van der Waals surface area contributed by atoms with Crippen LogP contribution in [0.15, 0.2) is 17.1 Å². The number of carboxylic acid groups (broad SMARTS) is 1. The van der Waals surface area contributed by atoms with Crippen molar-refractivity contribution in [3.05, 3.63) is 33.9 Å². The van der Waals surface area contributed by atoms with E-state index in [4.69, 9.17) is 9.47 Å². The number of carbonyl (C=O) groups is 3. The number of benzene rings is 1. The Labute approximate surface area is 244 Å². The van der Waals surface area contributed by atoms with Crippen molar-refractivity contribution in [1.82, 2.24) is 14.8 Å². The summed E-state index contributed by atoms with van der Waals surface area (Å²) in [5.41, 5.74) is -1.38. The lowest BCUT2D eigenvalue weighted by Gasteiger charge is -2.42. The largest absolute Gasteiger partial charge is 0.492 e. The predicted molar refractivity (Wildman–Crippen MR) is 156 cm³/mol. The summed E-state index contributed by atoms with van der Waals surface area (Å²) in [6.45, 7) is 11.9. The van der Waals surface area contributed by atoms with E-state index in [0.717, 1.165) is 18.9 Å². The SMILES string of the molecule is COc1c(N2CCN(C(=O)C(CC(C)C)NC(=O)OC(C)(C)C)C(C)C2)c(F)cc2c(=O)c(C(=O)O)cn(C3CC3)c12. The van der Waals surface area contributed by atoms with Gasteiger partial charge in [-0.3, -0.25) is 9.59 Å². The van der Waals surface area contributed by atoms with Gasteiger partial charge in [-0.25, -0.2) is 14.0 Å². The van der Waals surface area contributed by atoms with Crippen LogP contribution >= 0.6 is 0 Å². The van der Waals surface area contributed by atoms with E-state index in [9.17, 15) is 24.3 Å². The Bertz CT molecular complexity index is 1440. The van der Waals surface area contributed by atoms with Crippen LogP contribution in [0.2, 0.25) is 0 Å². The molecule has 4 rings (SSSR count). The highest BCUT2D eigenvalue weighted by atomic mass is 19.1. The van der Waals surface area contributed by atoms with Crippen LogP contribution in [-0.4, -0.2) is 77.0 Å². The van der Waals surface area contributed by atoms with Crippen LogP contribution in [0, 0.1) is 11.7 Å². The number of methoxy groups -OCH3 is 1. The average molecular weight is 589 g/mol. The van der Waals surface area contributed by atoms with Gasteiger partial charge in [0.25, 0.3) is 0 Å². The van der Waals surface area contributed by atoms with Crippen LogP contribution in [-0.2, 0) is 9.53 Å². The van der Waals surface area contributed by atoms with E-state index < -0.39 is 40.5 Å². The van der Waals surface area contributed by atoms with Gasteiger partial charge in [0, 0.05) is 37.9 Å². The number of ether oxygens (including phenoxy) is 2. The van der Waals surface area contributed by atoms with E-state index in [2.05, 4.69) is 5.32 Å². The molecule has 2 aromatic rings. The minimum Gasteiger partial charge on any atom is -0.492 e. The van der Waals surface area contributed by atoms with Crippen molar-refractivity contribution in [3.63, 3.8) is 0 Å². The highest BCUT2D eigenvalue weighted by Gasteiger charge is 2.37. The number of nitrogens with zero attached hydrogens (tertiary/aromatic N) is 3. The van der Waals surface area contributed by atoms with Crippen LogP contribution in [0.25, 0.3) is 10.9 Å². The molecule has 42 heavy (non-hydrogen) atoms. The molecule has 230 valence electrons. The second-order valence-electron chi connectivity index (χ2n) is 12.6. The molecule has 1 aromatic carbocycles. The molecule has 2 N–H and O–H groups in total. The first-order valence-corrected chi connectivity index (χ1v) is 14.4. The van der Waals surface area contributed by atoms with Gasteiger partial charge < -0.3 is 34.3 Å². The smallest absolute Gasteiger partial charge is 0.408 e. The highest BCUT2D eigenvalue weighted by Crippen LogP contribution is 2.44. The molecule has 11 nitrogen and oxygen atoms in total. The summed E-state index contributed by atoms with van der Waals surface area (Å²) < 4.78 is 28.6. The number of carbonyl (C=O) groups excluding carboxylic acids is 2. The fraction of sp³-hybridized carbons (Fsp3) is 0.600. The number of anilines is 1. The van der Waals surface area contributed by atoms with Crippen molar-refractivity contribution < 1.29 is 33.4 Å². The van der Waals surface area contributed by atoms with Crippen LogP contribution in [0.4, 0.5) is 14.9 Å². The third-order valence-electron chi connectivity index (χ3n) is 7.50. The molecule has 2 heterocycles. The molecule has 2 fully saturated rings. The fourth-order valence-corrected chi connectivity index (χ4v) is 5.56. The second-order valence-corrected chi connectivity index (χ2v) is 12.6. The van der Waals surface area contributed by atoms with E-state index in [1.165, 1.54) is 13.3 Å².